The molecule has 124 valence electrons. The van der Waals surface area contributed by atoms with Gasteiger partial charge >= 0.3 is 6.18 Å². The molecule has 0 saturated heterocycles. The van der Waals surface area contributed by atoms with Gasteiger partial charge in [0, 0.05) is 10.0 Å². The van der Waals surface area contributed by atoms with Crippen LogP contribution in [0.3, 0.4) is 0 Å². The van der Waals surface area contributed by atoms with Gasteiger partial charge in [0.25, 0.3) is 11.7 Å². The number of anilines is 1. The Bertz CT molecular complexity index is 864. The van der Waals surface area contributed by atoms with Gasteiger partial charge in [0.15, 0.2) is 0 Å². The number of nitrogens with zero attached hydrogens (tertiary/aromatic N) is 1. The molecule has 8 heteroatoms. The zero-order valence-electron chi connectivity index (χ0n) is 11.8. The summed E-state index contributed by atoms with van der Waals surface area (Å²) in [5, 5.41) is 0. The zero-order chi connectivity index (χ0) is 17.6. The number of para-hydroxylation sites is 1. The highest BCUT2D eigenvalue weighted by Crippen LogP contribution is 2.42. The largest absolute Gasteiger partial charge is 0.418 e. The van der Waals surface area contributed by atoms with Gasteiger partial charge in [-0.05, 0) is 24.3 Å². The number of benzene rings is 2. The Morgan fingerprint density at radius 3 is 2.42 bits per heavy atom. The Hall–Kier alpha value is -2.22. The number of Topliss-reactive ketones (excluding diaryl/α,β-unsaturated/α-hetero) is 1. The first kappa shape index (κ1) is 16.6. The SMILES string of the molecule is O=C1C(=O)N(Cc2ccc(Br)cc2F)c2c1cccc2C(F)(F)F. The van der Waals surface area contributed by atoms with Crippen LogP contribution in [0.1, 0.15) is 21.5 Å². The molecule has 0 aliphatic carbocycles. The number of ketones is 1. The van der Waals surface area contributed by atoms with E-state index < -0.39 is 41.5 Å². The van der Waals surface area contributed by atoms with Crippen molar-refractivity contribution in [1.82, 2.24) is 0 Å². The van der Waals surface area contributed by atoms with Crippen molar-refractivity contribution in [1.29, 1.82) is 0 Å². The molecule has 1 aliphatic heterocycles. The van der Waals surface area contributed by atoms with Crippen molar-refractivity contribution in [3.63, 3.8) is 0 Å². The second-order valence-electron chi connectivity index (χ2n) is 5.16. The van der Waals surface area contributed by atoms with Crippen molar-refractivity contribution < 1.29 is 27.2 Å². The third-order valence-corrected chi connectivity index (χ3v) is 4.13. The fraction of sp³-hybridized carbons (Fsp3) is 0.125. The highest BCUT2D eigenvalue weighted by Gasteiger charge is 2.44. The van der Waals surface area contributed by atoms with Crippen molar-refractivity contribution in [2.24, 2.45) is 0 Å². The van der Waals surface area contributed by atoms with E-state index in [9.17, 15) is 27.2 Å². The van der Waals surface area contributed by atoms with Gasteiger partial charge in [-0.25, -0.2) is 4.39 Å². The topological polar surface area (TPSA) is 37.4 Å². The van der Waals surface area contributed by atoms with Crippen molar-refractivity contribution in [2.45, 2.75) is 12.7 Å². The summed E-state index contributed by atoms with van der Waals surface area (Å²) in [7, 11) is 0. The van der Waals surface area contributed by atoms with E-state index >= 15 is 0 Å². The molecule has 0 N–H and O–H groups in total. The Morgan fingerprint density at radius 1 is 1.08 bits per heavy atom. The number of fused-ring (bicyclic) bond motifs is 1. The monoisotopic (exact) mass is 401 g/mol. The van der Waals surface area contributed by atoms with Gasteiger partial charge in [-0.3, -0.25) is 14.5 Å². The zero-order valence-corrected chi connectivity index (χ0v) is 13.4. The summed E-state index contributed by atoms with van der Waals surface area (Å²) in [6.07, 6.45) is -4.74. The van der Waals surface area contributed by atoms with E-state index in [0.29, 0.717) is 9.37 Å². The van der Waals surface area contributed by atoms with Crippen LogP contribution in [0.2, 0.25) is 0 Å². The van der Waals surface area contributed by atoms with Crippen LogP contribution in [-0.4, -0.2) is 11.7 Å². The predicted molar refractivity (Wildman–Crippen MR) is 81.1 cm³/mol. The lowest BCUT2D eigenvalue weighted by molar-refractivity contribution is -0.137. The second-order valence-corrected chi connectivity index (χ2v) is 6.07. The van der Waals surface area contributed by atoms with Crippen LogP contribution in [0.5, 0.6) is 0 Å². The first-order chi connectivity index (χ1) is 11.2. The van der Waals surface area contributed by atoms with Crippen molar-refractivity contribution in [3.8, 4) is 0 Å². The average molecular weight is 402 g/mol. The molecule has 2 aromatic carbocycles. The minimum atomic E-state index is -4.74. The Kier molecular flexibility index (Phi) is 3.95. The van der Waals surface area contributed by atoms with E-state index in [1.54, 1.807) is 0 Å². The van der Waals surface area contributed by atoms with Gasteiger partial charge in [0.2, 0.25) is 0 Å². The smallest absolute Gasteiger partial charge is 0.300 e. The van der Waals surface area contributed by atoms with Gasteiger partial charge in [-0.1, -0.05) is 28.1 Å². The van der Waals surface area contributed by atoms with Crippen LogP contribution in [-0.2, 0) is 17.5 Å². The molecule has 1 aliphatic rings. The number of hydrogen-bond acceptors (Lipinski definition) is 2. The summed E-state index contributed by atoms with van der Waals surface area (Å²) in [5.74, 6) is -2.83. The van der Waals surface area contributed by atoms with Gasteiger partial charge in [-0.15, -0.1) is 0 Å². The summed E-state index contributed by atoms with van der Waals surface area (Å²) in [6.45, 7) is -0.468. The first-order valence-corrected chi connectivity index (χ1v) is 7.50. The molecule has 2 aromatic rings. The standard InChI is InChI=1S/C16H8BrF4NO2/c17-9-5-4-8(12(18)6-9)7-22-13-10(14(23)15(22)24)2-1-3-11(13)16(19,20)21/h1-6H,7H2. The molecule has 0 spiro atoms. The summed E-state index contributed by atoms with van der Waals surface area (Å²) in [4.78, 5) is 24.7. The van der Waals surface area contributed by atoms with E-state index in [1.807, 2.05) is 0 Å². The average Bonchev–Trinajstić information content (AvgIpc) is 2.74. The maximum Gasteiger partial charge on any atom is 0.418 e. The van der Waals surface area contributed by atoms with Gasteiger partial charge in [-0.2, -0.15) is 13.2 Å². The number of halogens is 5. The molecule has 0 fully saturated rings. The van der Waals surface area contributed by atoms with E-state index in [0.717, 1.165) is 24.3 Å². The van der Waals surface area contributed by atoms with Crippen LogP contribution in [0.25, 0.3) is 0 Å². The third kappa shape index (κ3) is 2.71. The molecular weight excluding hydrogens is 394 g/mol. The third-order valence-electron chi connectivity index (χ3n) is 3.64. The number of rotatable bonds is 2. The maximum absolute atomic E-state index is 14.0. The molecule has 0 saturated carbocycles. The number of amides is 1. The highest BCUT2D eigenvalue weighted by molar-refractivity contribution is 9.10. The molecule has 0 aromatic heterocycles. The number of carbonyl (C=O) groups is 2. The fourth-order valence-corrected chi connectivity index (χ4v) is 2.89. The van der Waals surface area contributed by atoms with Crippen molar-refractivity contribution in [2.75, 3.05) is 4.90 Å². The van der Waals surface area contributed by atoms with E-state index in [-0.39, 0.29) is 11.1 Å². The van der Waals surface area contributed by atoms with Gasteiger partial charge in [0.05, 0.1) is 23.4 Å². The van der Waals surface area contributed by atoms with Crippen LogP contribution in [0.15, 0.2) is 40.9 Å². The quantitative estimate of drug-likeness (QED) is 0.554. The Balaban J connectivity index is 2.11. The molecule has 0 bridgehead atoms. The Labute approximate surface area is 142 Å². The van der Waals surface area contributed by atoms with Crippen LogP contribution in [0.4, 0.5) is 23.2 Å². The lowest BCUT2D eigenvalue weighted by Crippen LogP contribution is -2.30. The highest BCUT2D eigenvalue weighted by atomic mass is 79.9. The fourth-order valence-electron chi connectivity index (χ4n) is 2.56. The lowest BCUT2D eigenvalue weighted by Gasteiger charge is -2.21. The molecule has 0 radical (unpaired) electrons. The molecule has 3 rings (SSSR count). The van der Waals surface area contributed by atoms with Crippen molar-refractivity contribution in [3.05, 3.63) is 63.4 Å². The lowest BCUT2D eigenvalue weighted by atomic mass is 10.1. The van der Waals surface area contributed by atoms with Crippen LogP contribution in [0, 0.1) is 5.82 Å². The molecule has 24 heavy (non-hydrogen) atoms. The summed E-state index contributed by atoms with van der Waals surface area (Å²) < 4.78 is 54.0. The van der Waals surface area contributed by atoms with Crippen LogP contribution >= 0.6 is 15.9 Å². The number of hydrogen-bond donors (Lipinski definition) is 0. The minimum absolute atomic E-state index is 0.00387. The minimum Gasteiger partial charge on any atom is -0.300 e. The van der Waals surface area contributed by atoms with Gasteiger partial charge < -0.3 is 0 Å². The van der Waals surface area contributed by atoms with Gasteiger partial charge in [0.1, 0.15) is 5.82 Å². The number of alkyl halides is 3. The molecule has 1 heterocycles. The maximum atomic E-state index is 14.0. The number of carbonyl (C=O) groups excluding carboxylic acids is 2. The van der Waals surface area contributed by atoms with E-state index in [2.05, 4.69) is 15.9 Å². The molecule has 0 unspecified atom stereocenters. The molecular formula is C16H8BrF4NO2. The first-order valence-electron chi connectivity index (χ1n) is 6.70. The Morgan fingerprint density at radius 2 is 1.79 bits per heavy atom. The van der Waals surface area contributed by atoms with E-state index in [1.165, 1.54) is 12.1 Å². The van der Waals surface area contributed by atoms with Crippen molar-refractivity contribution >= 4 is 33.3 Å². The second kappa shape index (κ2) is 5.70. The molecule has 3 nitrogen and oxygen atoms in total. The normalized spacial score (nSPS) is 14.3. The predicted octanol–water partition coefficient (Wildman–Crippen LogP) is 4.34. The summed E-state index contributed by atoms with van der Waals surface area (Å²) in [6, 6.07) is 6.98. The molecule has 1 amide bonds. The van der Waals surface area contributed by atoms with Crippen LogP contribution < -0.4 is 4.90 Å². The summed E-state index contributed by atoms with van der Waals surface area (Å²) >= 11 is 3.07. The molecule has 0 atom stereocenters. The summed E-state index contributed by atoms with van der Waals surface area (Å²) in [5.41, 5.74) is -1.95. The van der Waals surface area contributed by atoms with E-state index in [4.69, 9.17) is 0 Å².